The number of aromatic nitrogens is 1. The summed E-state index contributed by atoms with van der Waals surface area (Å²) in [5, 5.41) is 4.00. The standard InChI is InChI=1S/C13H17ClN2OS/c1-2-18-10-6-5-9(8-10)16-13(17)11-4-3-7-15-12(11)14/h3-4,7,9-10H,2,5-6,8H2,1H3,(H,16,17). The molecule has 0 spiro atoms. The van der Waals surface area contributed by atoms with E-state index in [2.05, 4.69) is 17.2 Å². The van der Waals surface area contributed by atoms with Gasteiger partial charge in [-0.05, 0) is 37.1 Å². The first-order chi connectivity index (χ1) is 8.70. The third-order valence-corrected chi connectivity index (χ3v) is 4.66. The van der Waals surface area contributed by atoms with Gasteiger partial charge in [0.2, 0.25) is 0 Å². The highest BCUT2D eigenvalue weighted by molar-refractivity contribution is 7.99. The van der Waals surface area contributed by atoms with Crippen molar-refractivity contribution in [3.05, 3.63) is 29.0 Å². The van der Waals surface area contributed by atoms with Crippen molar-refractivity contribution in [2.45, 2.75) is 37.5 Å². The van der Waals surface area contributed by atoms with Gasteiger partial charge in [0.15, 0.2) is 0 Å². The van der Waals surface area contributed by atoms with Crippen molar-refractivity contribution in [3.8, 4) is 0 Å². The first kappa shape index (κ1) is 13.7. The summed E-state index contributed by atoms with van der Waals surface area (Å²) >= 11 is 7.89. The van der Waals surface area contributed by atoms with Gasteiger partial charge in [0.25, 0.3) is 5.91 Å². The first-order valence-electron chi connectivity index (χ1n) is 6.23. The van der Waals surface area contributed by atoms with Crippen LogP contribution in [0.5, 0.6) is 0 Å². The van der Waals surface area contributed by atoms with Gasteiger partial charge in [-0.15, -0.1) is 0 Å². The fourth-order valence-corrected chi connectivity index (χ4v) is 3.62. The van der Waals surface area contributed by atoms with E-state index < -0.39 is 0 Å². The van der Waals surface area contributed by atoms with Crippen LogP contribution < -0.4 is 5.32 Å². The highest BCUT2D eigenvalue weighted by Gasteiger charge is 2.26. The molecule has 2 unspecified atom stereocenters. The molecule has 1 aromatic heterocycles. The smallest absolute Gasteiger partial charge is 0.254 e. The van der Waals surface area contributed by atoms with Crippen molar-refractivity contribution < 1.29 is 4.79 Å². The zero-order valence-electron chi connectivity index (χ0n) is 10.4. The number of carbonyl (C=O) groups excluding carboxylic acids is 1. The zero-order chi connectivity index (χ0) is 13.0. The topological polar surface area (TPSA) is 42.0 Å². The molecule has 98 valence electrons. The minimum atomic E-state index is -0.111. The van der Waals surface area contributed by atoms with Crippen LogP contribution in [-0.2, 0) is 0 Å². The van der Waals surface area contributed by atoms with Crippen molar-refractivity contribution in [3.63, 3.8) is 0 Å². The molecule has 1 aliphatic rings. The summed E-state index contributed by atoms with van der Waals surface area (Å²) in [7, 11) is 0. The van der Waals surface area contributed by atoms with Gasteiger partial charge in [-0.2, -0.15) is 11.8 Å². The minimum absolute atomic E-state index is 0.111. The lowest BCUT2D eigenvalue weighted by atomic mass is 10.2. The van der Waals surface area contributed by atoms with Crippen molar-refractivity contribution >= 4 is 29.3 Å². The molecule has 1 amide bonds. The number of hydrogen-bond acceptors (Lipinski definition) is 3. The van der Waals surface area contributed by atoms with Crippen LogP contribution >= 0.6 is 23.4 Å². The highest BCUT2D eigenvalue weighted by atomic mass is 35.5. The van der Waals surface area contributed by atoms with Crippen LogP contribution in [0, 0.1) is 0 Å². The molecular formula is C13H17ClN2OS. The van der Waals surface area contributed by atoms with E-state index in [9.17, 15) is 4.79 Å². The Hall–Kier alpha value is -0.740. The Morgan fingerprint density at radius 2 is 2.44 bits per heavy atom. The van der Waals surface area contributed by atoms with Gasteiger partial charge in [-0.3, -0.25) is 4.79 Å². The highest BCUT2D eigenvalue weighted by Crippen LogP contribution is 2.29. The summed E-state index contributed by atoms with van der Waals surface area (Å²) in [6.45, 7) is 2.17. The van der Waals surface area contributed by atoms with E-state index in [0.717, 1.165) is 18.6 Å². The summed E-state index contributed by atoms with van der Waals surface area (Å²) in [5.41, 5.74) is 0.464. The summed E-state index contributed by atoms with van der Waals surface area (Å²) < 4.78 is 0. The van der Waals surface area contributed by atoms with Gasteiger partial charge < -0.3 is 5.32 Å². The molecule has 1 fully saturated rings. The maximum absolute atomic E-state index is 12.0. The molecule has 1 aromatic rings. The Kier molecular flexibility index (Phi) is 4.89. The van der Waals surface area contributed by atoms with Crippen LogP contribution in [0.2, 0.25) is 5.15 Å². The Morgan fingerprint density at radius 3 is 3.17 bits per heavy atom. The van der Waals surface area contributed by atoms with E-state index in [1.165, 1.54) is 6.42 Å². The molecule has 1 saturated carbocycles. The number of rotatable bonds is 4. The van der Waals surface area contributed by atoms with E-state index in [0.29, 0.717) is 10.8 Å². The fourth-order valence-electron chi connectivity index (χ4n) is 2.28. The molecule has 3 nitrogen and oxygen atoms in total. The maximum Gasteiger partial charge on any atom is 0.254 e. The Labute approximate surface area is 117 Å². The molecule has 1 aliphatic carbocycles. The maximum atomic E-state index is 12.0. The zero-order valence-corrected chi connectivity index (χ0v) is 11.9. The van der Waals surface area contributed by atoms with Crippen LogP contribution in [0.25, 0.3) is 0 Å². The van der Waals surface area contributed by atoms with E-state index in [1.54, 1.807) is 18.3 Å². The van der Waals surface area contributed by atoms with Crippen molar-refractivity contribution in [2.75, 3.05) is 5.75 Å². The van der Waals surface area contributed by atoms with E-state index >= 15 is 0 Å². The van der Waals surface area contributed by atoms with Gasteiger partial charge >= 0.3 is 0 Å². The molecule has 18 heavy (non-hydrogen) atoms. The predicted octanol–water partition coefficient (Wildman–Crippen LogP) is 3.14. The Morgan fingerprint density at radius 1 is 1.61 bits per heavy atom. The molecule has 2 atom stereocenters. The van der Waals surface area contributed by atoms with Gasteiger partial charge in [0.1, 0.15) is 5.15 Å². The Balaban J connectivity index is 1.91. The molecule has 1 heterocycles. The summed E-state index contributed by atoms with van der Waals surface area (Å²) in [6, 6.07) is 3.71. The second-order valence-corrected chi connectivity index (χ2v) is 6.34. The van der Waals surface area contributed by atoms with E-state index in [4.69, 9.17) is 11.6 Å². The molecule has 0 radical (unpaired) electrons. The van der Waals surface area contributed by atoms with Crippen LogP contribution in [0.15, 0.2) is 18.3 Å². The van der Waals surface area contributed by atoms with Gasteiger partial charge in [-0.1, -0.05) is 18.5 Å². The number of thioether (sulfide) groups is 1. The summed E-state index contributed by atoms with van der Waals surface area (Å²) in [5.74, 6) is 1.03. The molecule has 1 N–H and O–H groups in total. The number of amides is 1. The number of hydrogen-bond donors (Lipinski definition) is 1. The number of halogens is 1. The Bertz CT molecular complexity index is 427. The van der Waals surface area contributed by atoms with Gasteiger partial charge in [0.05, 0.1) is 5.56 Å². The molecule has 0 saturated heterocycles. The predicted molar refractivity (Wildman–Crippen MR) is 76.3 cm³/mol. The van der Waals surface area contributed by atoms with Crippen LogP contribution in [0.3, 0.4) is 0 Å². The second kappa shape index (κ2) is 6.43. The SMILES string of the molecule is CCSC1CCC(NC(=O)c2cccnc2Cl)C1. The minimum Gasteiger partial charge on any atom is -0.349 e. The molecule has 0 aromatic carbocycles. The van der Waals surface area contributed by atoms with E-state index in [-0.39, 0.29) is 17.1 Å². The summed E-state index contributed by atoms with van der Waals surface area (Å²) in [4.78, 5) is 16.0. The molecule has 0 aliphatic heterocycles. The monoisotopic (exact) mass is 284 g/mol. The number of pyridine rings is 1. The third kappa shape index (κ3) is 3.39. The van der Waals surface area contributed by atoms with Crippen LogP contribution in [0.4, 0.5) is 0 Å². The van der Waals surface area contributed by atoms with Crippen molar-refractivity contribution in [1.29, 1.82) is 0 Å². The van der Waals surface area contributed by atoms with Crippen LogP contribution in [0.1, 0.15) is 36.5 Å². The third-order valence-electron chi connectivity index (χ3n) is 3.13. The van der Waals surface area contributed by atoms with Crippen molar-refractivity contribution in [1.82, 2.24) is 10.3 Å². The quantitative estimate of drug-likeness (QED) is 0.864. The largest absolute Gasteiger partial charge is 0.349 e. The molecule has 2 rings (SSSR count). The second-order valence-electron chi connectivity index (χ2n) is 4.40. The number of carbonyl (C=O) groups is 1. The first-order valence-corrected chi connectivity index (χ1v) is 7.66. The van der Waals surface area contributed by atoms with E-state index in [1.807, 2.05) is 11.8 Å². The number of nitrogens with zero attached hydrogens (tertiary/aromatic N) is 1. The van der Waals surface area contributed by atoms with Crippen molar-refractivity contribution in [2.24, 2.45) is 0 Å². The summed E-state index contributed by atoms with van der Waals surface area (Å²) in [6.07, 6.45) is 4.89. The molecule has 0 bridgehead atoms. The average Bonchev–Trinajstić information content (AvgIpc) is 2.77. The van der Waals surface area contributed by atoms with Gasteiger partial charge in [-0.25, -0.2) is 4.98 Å². The lowest BCUT2D eigenvalue weighted by Crippen LogP contribution is -2.33. The molecular weight excluding hydrogens is 268 g/mol. The number of nitrogens with one attached hydrogen (secondary N) is 1. The molecule has 5 heteroatoms. The lowest BCUT2D eigenvalue weighted by Gasteiger charge is -2.13. The lowest BCUT2D eigenvalue weighted by molar-refractivity contribution is 0.0938. The average molecular weight is 285 g/mol. The van der Waals surface area contributed by atoms with Gasteiger partial charge in [0, 0.05) is 17.5 Å². The van der Waals surface area contributed by atoms with Crippen LogP contribution in [-0.4, -0.2) is 27.9 Å². The normalized spacial score (nSPS) is 23.0. The fraction of sp³-hybridized carbons (Fsp3) is 0.538.